The van der Waals surface area contributed by atoms with Crippen molar-refractivity contribution < 1.29 is 4.79 Å². The molecule has 1 amide bonds. The first-order valence-electron chi connectivity index (χ1n) is 7.63. The molecule has 3 aromatic rings. The Bertz CT molecular complexity index is 893. The molecule has 0 unspecified atom stereocenters. The number of pyridine rings is 1. The maximum absolute atomic E-state index is 12.4. The van der Waals surface area contributed by atoms with E-state index in [1.165, 1.54) is 0 Å². The lowest BCUT2D eigenvalue weighted by Gasteiger charge is -2.06. The van der Waals surface area contributed by atoms with Crippen LogP contribution in [0.1, 0.15) is 17.9 Å². The highest BCUT2D eigenvalue weighted by atomic mass is 35.5. The van der Waals surface area contributed by atoms with Crippen molar-refractivity contribution in [2.75, 3.05) is 5.32 Å². The van der Waals surface area contributed by atoms with Gasteiger partial charge in [-0.05, 0) is 42.2 Å². The summed E-state index contributed by atoms with van der Waals surface area (Å²) in [5.41, 5.74) is 1.93. The van der Waals surface area contributed by atoms with Gasteiger partial charge in [0.1, 0.15) is 5.82 Å². The van der Waals surface area contributed by atoms with E-state index in [0.717, 1.165) is 27.9 Å². The molecule has 2 aromatic carbocycles. The maximum atomic E-state index is 12.4. The number of anilines is 1. The van der Waals surface area contributed by atoms with Gasteiger partial charge in [-0.1, -0.05) is 48.0 Å². The molecule has 114 valence electrons. The minimum atomic E-state index is -0.0248. The van der Waals surface area contributed by atoms with Crippen molar-refractivity contribution in [3.8, 4) is 0 Å². The summed E-state index contributed by atoms with van der Waals surface area (Å²) in [4.78, 5) is 16.9. The molecule has 0 radical (unpaired) electrons. The zero-order valence-corrected chi connectivity index (χ0v) is 13.1. The van der Waals surface area contributed by atoms with E-state index in [1.54, 1.807) is 0 Å². The molecule has 0 spiro atoms. The van der Waals surface area contributed by atoms with Crippen LogP contribution in [0.15, 0.2) is 60.7 Å². The molecule has 4 rings (SSSR count). The van der Waals surface area contributed by atoms with E-state index in [1.807, 2.05) is 60.7 Å². The zero-order valence-electron chi connectivity index (χ0n) is 12.4. The average Bonchev–Trinajstić information content (AvgIpc) is 3.36. The first kappa shape index (κ1) is 14.2. The standard InChI is InChI=1S/C19H15ClN2O/c20-16-7-3-2-6-13(16)14-11-15(14)19(23)22-18-10-9-12-5-1-4-8-17(12)21-18/h1-10,14-15H,11H2,(H,21,22,23)/t14-,15+/m1/s1. The van der Waals surface area contributed by atoms with Crippen molar-refractivity contribution >= 4 is 34.2 Å². The second kappa shape index (κ2) is 5.67. The number of fused-ring (bicyclic) bond motifs is 1. The number of para-hydroxylation sites is 1. The van der Waals surface area contributed by atoms with Gasteiger partial charge in [0.05, 0.1) is 5.52 Å². The van der Waals surface area contributed by atoms with Gasteiger partial charge in [-0.3, -0.25) is 4.79 Å². The predicted octanol–water partition coefficient (Wildman–Crippen LogP) is 4.63. The van der Waals surface area contributed by atoms with E-state index in [9.17, 15) is 4.79 Å². The van der Waals surface area contributed by atoms with Crippen molar-refractivity contribution in [2.45, 2.75) is 12.3 Å². The molecule has 1 heterocycles. The Labute approximate surface area is 139 Å². The lowest BCUT2D eigenvalue weighted by atomic mass is 10.1. The summed E-state index contributed by atoms with van der Waals surface area (Å²) in [5.74, 6) is 0.795. The summed E-state index contributed by atoms with van der Waals surface area (Å²) < 4.78 is 0. The van der Waals surface area contributed by atoms with Crippen LogP contribution in [0.25, 0.3) is 10.9 Å². The fourth-order valence-electron chi connectivity index (χ4n) is 2.96. The van der Waals surface area contributed by atoms with E-state index in [-0.39, 0.29) is 17.7 Å². The predicted molar refractivity (Wildman–Crippen MR) is 92.7 cm³/mol. The van der Waals surface area contributed by atoms with Crippen molar-refractivity contribution in [3.05, 3.63) is 71.2 Å². The molecular formula is C19H15ClN2O. The van der Waals surface area contributed by atoms with Crippen molar-refractivity contribution in [1.82, 2.24) is 4.98 Å². The normalized spacial score (nSPS) is 19.5. The molecule has 1 N–H and O–H groups in total. The lowest BCUT2D eigenvalue weighted by molar-refractivity contribution is -0.117. The summed E-state index contributed by atoms with van der Waals surface area (Å²) in [6, 6.07) is 19.4. The van der Waals surface area contributed by atoms with Gasteiger partial charge in [0, 0.05) is 16.3 Å². The number of hydrogen-bond acceptors (Lipinski definition) is 2. The number of rotatable bonds is 3. The Hall–Kier alpha value is -2.39. The van der Waals surface area contributed by atoms with Crippen molar-refractivity contribution in [3.63, 3.8) is 0 Å². The van der Waals surface area contributed by atoms with Crippen LogP contribution in [0.5, 0.6) is 0 Å². The topological polar surface area (TPSA) is 42.0 Å². The number of nitrogens with zero attached hydrogens (tertiary/aromatic N) is 1. The van der Waals surface area contributed by atoms with Crippen LogP contribution in [0, 0.1) is 5.92 Å². The molecule has 3 nitrogen and oxygen atoms in total. The second-order valence-corrected chi connectivity index (χ2v) is 6.26. The number of halogens is 1. The quantitative estimate of drug-likeness (QED) is 0.764. The first-order valence-corrected chi connectivity index (χ1v) is 8.01. The minimum absolute atomic E-state index is 0.0118. The molecule has 0 saturated heterocycles. The van der Waals surface area contributed by atoms with Gasteiger partial charge in [0.15, 0.2) is 0 Å². The molecule has 0 bridgehead atoms. The lowest BCUT2D eigenvalue weighted by Crippen LogP contribution is -2.15. The van der Waals surface area contributed by atoms with Gasteiger partial charge in [0.25, 0.3) is 0 Å². The molecule has 2 atom stereocenters. The summed E-state index contributed by atoms with van der Waals surface area (Å²) in [5, 5.41) is 4.72. The van der Waals surface area contributed by atoms with Gasteiger partial charge in [-0.2, -0.15) is 0 Å². The largest absolute Gasteiger partial charge is 0.310 e. The van der Waals surface area contributed by atoms with Crippen molar-refractivity contribution in [2.24, 2.45) is 5.92 Å². The molecule has 23 heavy (non-hydrogen) atoms. The number of amides is 1. The smallest absolute Gasteiger partial charge is 0.229 e. The van der Waals surface area contributed by atoms with E-state index in [2.05, 4.69) is 10.3 Å². The highest BCUT2D eigenvalue weighted by Gasteiger charge is 2.44. The third kappa shape index (κ3) is 2.80. The number of hydrogen-bond donors (Lipinski definition) is 1. The molecule has 1 saturated carbocycles. The fourth-order valence-corrected chi connectivity index (χ4v) is 3.23. The number of aromatic nitrogens is 1. The Kier molecular flexibility index (Phi) is 3.50. The summed E-state index contributed by atoms with van der Waals surface area (Å²) in [6.45, 7) is 0. The number of benzene rings is 2. The highest BCUT2D eigenvalue weighted by Crippen LogP contribution is 2.49. The molecular weight excluding hydrogens is 308 g/mol. The summed E-state index contributed by atoms with van der Waals surface area (Å²) in [7, 11) is 0. The number of carbonyl (C=O) groups is 1. The highest BCUT2D eigenvalue weighted by molar-refractivity contribution is 6.31. The van der Waals surface area contributed by atoms with E-state index in [0.29, 0.717) is 5.82 Å². The van der Waals surface area contributed by atoms with Gasteiger partial charge in [-0.15, -0.1) is 0 Å². The van der Waals surface area contributed by atoms with Crippen LogP contribution in [-0.4, -0.2) is 10.9 Å². The van der Waals surface area contributed by atoms with Gasteiger partial charge < -0.3 is 5.32 Å². The molecule has 4 heteroatoms. The first-order chi connectivity index (χ1) is 11.2. The minimum Gasteiger partial charge on any atom is -0.310 e. The maximum Gasteiger partial charge on any atom is 0.229 e. The fraction of sp³-hybridized carbons (Fsp3) is 0.158. The van der Waals surface area contributed by atoms with Crippen LogP contribution in [-0.2, 0) is 4.79 Å². The zero-order chi connectivity index (χ0) is 15.8. The monoisotopic (exact) mass is 322 g/mol. The van der Waals surface area contributed by atoms with Gasteiger partial charge >= 0.3 is 0 Å². The third-order valence-electron chi connectivity index (χ3n) is 4.28. The third-order valence-corrected chi connectivity index (χ3v) is 4.63. The number of nitrogens with one attached hydrogen (secondary N) is 1. The Morgan fingerprint density at radius 1 is 1.04 bits per heavy atom. The van der Waals surface area contributed by atoms with E-state index >= 15 is 0 Å². The SMILES string of the molecule is O=C(Nc1ccc2ccccc2n1)[C@H]1C[C@@H]1c1ccccc1Cl. The molecule has 1 aliphatic rings. The summed E-state index contributed by atoms with van der Waals surface area (Å²) >= 11 is 6.21. The molecule has 1 aliphatic carbocycles. The van der Waals surface area contributed by atoms with E-state index < -0.39 is 0 Å². The Morgan fingerprint density at radius 2 is 1.83 bits per heavy atom. The van der Waals surface area contributed by atoms with Gasteiger partial charge in [-0.25, -0.2) is 4.98 Å². The van der Waals surface area contributed by atoms with Crippen LogP contribution in [0.2, 0.25) is 5.02 Å². The van der Waals surface area contributed by atoms with Crippen LogP contribution in [0.4, 0.5) is 5.82 Å². The molecule has 1 fully saturated rings. The molecule has 0 aliphatic heterocycles. The average molecular weight is 323 g/mol. The summed E-state index contributed by atoms with van der Waals surface area (Å²) in [6.07, 6.45) is 0.836. The number of carbonyl (C=O) groups excluding carboxylic acids is 1. The van der Waals surface area contributed by atoms with Gasteiger partial charge in [0.2, 0.25) is 5.91 Å². The van der Waals surface area contributed by atoms with Crippen LogP contribution < -0.4 is 5.32 Å². The Balaban J connectivity index is 1.49. The Morgan fingerprint density at radius 3 is 2.70 bits per heavy atom. The van der Waals surface area contributed by atoms with Crippen LogP contribution in [0.3, 0.4) is 0 Å². The van der Waals surface area contributed by atoms with E-state index in [4.69, 9.17) is 11.6 Å². The molecule has 1 aromatic heterocycles. The van der Waals surface area contributed by atoms with Crippen molar-refractivity contribution in [1.29, 1.82) is 0 Å². The van der Waals surface area contributed by atoms with Crippen LogP contribution >= 0.6 is 11.6 Å². The second-order valence-electron chi connectivity index (χ2n) is 5.85.